The molecular formula is C23H26N4O. The molecule has 5 nitrogen and oxygen atoms in total. The molecule has 0 bridgehead atoms. The lowest BCUT2D eigenvalue weighted by Gasteiger charge is -2.23. The van der Waals surface area contributed by atoms with E-state index in [2.05, 4.69) is 23.1 Å². The summed E-state index contributed by atoms with van der Waals surface area (Å²) < 4.78 is 0. The molecule has 28 heavy (non-hydrogen) atoms. The van der Waals surface area contributed by atoms with Gasteiger partial charge in [-0.3, -0.25) is 4.79 Å². The zero-order valence-electron chi connectivity index (χ0n) is 16.0. The number of fused-ring (bicyclic) bond motifs is 1. The number of likely N-dealkylation sites (tertiary alicyclic amines) is 2. The summed E-state index contributed by atoms with van der Waals surface area (Å²) in [6, 6.07) is 19.4. The van der Waals surface area contributed by atoms with E-state index < -0.39 is 0 Å². The quantitative estimate of drug-likeness (QED) is 0.873. The minimum absolute atomic E-state index is 0.0797. The van der Waals surface area contributed by atoms with E-state index in [1.165, 1.54) is 5.56 Å². The molecule has 0 saturated carbocycles. The summed E-state index contributed by atoms with van der Waals surface area (Å²) in [5.41, 5.74) is 8.79. The Morgan fingerprint density at radius 2 is 1.68 bits per heavy atom. The van der Waals surface area contributed by atoms with E-state index in [0.29, 0.717) is 23.0 Å². The second-order valence-corrected chi connectivity index (χ2v) is 7.98. The highest BCUT2D eigenvalue weighted by molar-refractivity contribution is 5.94. The molecule has 2 aliphatic heterocycles. The molecule has 0 spiro atoms. The van der Waals surface area contributed by atoms with Gasteiger partial charge < -0.3 is 15.5 Å². The highest BCUT2D eigenvalue weighted by atomic mass is 16.2. The van der Waals surface area contributed by atoms with Crippen molar-refractivity contribution in [1.82, 2.24) is 9.80 Å². The van der Waals surface area contributed by atoms with E-state index in [-0.39, 0.29) is 11.9 Å². The Balaban J connectivity index is 1.27. The van der Waals surface area contributed by atoms with Crippen molar-refractivity contribution in [2.45, 2.75) is 12.5 Å². The van der Waals surface area contributed by atoms with Crippen LogP contribution < -0.4 is 5.73 Å². The first-order valence-electron chi connectivity index (χ1n) is 9.96. The maximum Gasteiger partial charge on any atom is 0.253 e. The molecule has 144 valence electrons. The van der Waals surface area contributed by atoms with E-state index in [1.807, 2.05) is 23.1 Å². The molecule has 2 unspecified atom stereocenters. The number of rotatable bonds is 5. The van der Waals surface area contributed by atoms with E-state index in [1.54, 1.807) is 24.3 Å². The Bertz CT molecular complexity index is 844. The van der Waals surface area contributed by atoms with Gasteiger partial charge in [0.2, 0.25) is 0 Å². The smallest absolute Gasteiger partial charge is 0.253 e. The number of amides is 1. The predicted octanol–water partition coefficient (Wildman–Crippen LogP) is 2.65. The molecule has 0 aliphatic carbocycles. The normalized spacial score (nSPS) is 22.6. The van der Waals surface area contributed by atoms with Gasteiger partial charge in [0, 0.05) is 37.8 Å². The van der Waals surface area contributed by atoms with Gasteiger partial charge in [0.05, 0.1) is 11.6 Å². The molecule has 4 rings (SSSR count). The van der Waals surface area contributed by atoms with Gasteiger partial charge in [-0.1, -0.05) is 30.3 Å². The molecule has 2 aromatic carbocycles. The van der Waals surface area contributed by atoms with Crippen molar-refractivity contribution in [3.63, 3.8) is 0 Å². The molecule has 0 radical (unpaired) electrons. The van der Waals surface area contributed by atoms with Gasteiger partial charge in [-0.25, -0.2) is 0 Å². The SMILES string of the molecule is N#Cc1ccc(C(=O)N2CC3CN(CC[C@H](N)c4ccccc4)CC3C2)cc1. The van der Waals surface area contributed by atoms with Crippen molar-refractivity contribution in [2.24, 2.45) is 17.6 Å². The van der Waals surface area contributed by atoms with Gasteiger partial charge >= 0.3 is 0 Å². The van der Waals surface area contributed by atoms with Crippen LogP contribution in [0.4, 0.5) is 0 Å². The Morgan fingerprint density at radius 3 is 2.29 bits per heavy atom. The van der Waals surface area contributed by atoms with Crippen LogP contribution in [0.5, 0.6) is 0 Å². The molecule has 2 fully saturated rings. The Hall–Kier alpha value is -2.68. The summed E-state index contributed by atoms with van der Waals surface area (Å²) in [5, 5.41) is 8.90. The fourth-order valence-corrected chi connectivity index (χ4v) is 4.50. The van der Waals surface area contributed by atoms with Crippen molar-refractivity contribution in [3.8, 4) is 6.07 Å². The average molecular weight is 374 g/mol. The Kier molecular flexibility index (Phi) is 5.43. The average Bonchev–Trinajstić information content (AvgIpc) is 3.31. The number of hydrogen-bond acceptors (Lipinski definition) is 4. The molecule has 2 aliphatic rings. The number of carbonyl (C=O) groups is 1. The summed E-state index contributed by atoms with van der Waals surface area (Å²) >= 11 is 0. The lowest BCUT2D eigenvalue weighted by molar-refractivity contribution is 0.0774. The van der Waals surface area contributed by atoms with Crippen LogP contribution in [0.25, 0.3) is 0 Å². The van der Waals surface area contributed by atoms with Crippen molar-refractivity contribution in [3.05, 3.63) is 71.3 Å². The van der Waals surface area contributed by atoms with Crippen molar-refractivity contribution in [2.75, 3.05) is 32.7 Å². The van der Waals surface area contributed by atoms with Crippen LogP contribution in [0.3, 0.4) is 0 Å². The van der Waals surface area contributed by atoms with Crippen molar-refractivity contribution < 1.29 is 4.79 Å². The number of nitrogens with two attached hydrogens (primary N) is 1. The maximum atomic E-state index is 12.7. The van der Waals surface area contributed by atoms with Gasteiger partial charge in [-0.15, -0.1) is 0 Å². The first-order valence-corrected chi connectivity index (χ1v) is 9.96. The van der Waals surface area contributed by atoms with Gasteiger partial charge in [-0.05, 0) is 54.6 Å². The second kappa shape index (κ2) is 8.14. The Labute approximate surface area is 166 Å². The van der Waals surface area contributed by atoms with Gasteiger partial charge in [0.1, 0.15) is 0 Å². The third-order valence-corrected chi connectivity index (χ3v) is 6.09. The van der Waals surface area contributed by atoms with Gasteiger partial charge in [0.15, 0.2) is 0 Å². The highest BCUT2D eigenvalue weighted by Crippen LogP contribution is 2.32. The molecule has 2 N–H and O–H groups in total. The molecule has 2 heterocycles. The minimum Gasteiger partial charge on any atom is -0.338 e. The Morgan fingerprint density at radius 1 is 1.04 bits per heavy atom. The number of nitrogens with zero attached hydrogens (tertiary/aromatic N) is 3. The summed E-state index contributed by atoms with van der Waals surface area (Å²) in [7, 11) is 0. The standard InChI is InChI=1S/C23H26N4O/c24-12-17-6-8-19(9-7-17)23(28)27-15-20-13-26(14-21(20)16-27)11-10-22(25)18-4-2-1-3-5-18/h1-9,20-22H,10-11,13-16,25H2/t20?,21?,22-/m0/s1. The fourth-order valence-electron chi connectivity index (χ4n) is 4.50. The molecule has 5 heteroatoms. The zero-order valence-corrected chi connectivity index (χ0v) is 16.0. The second-order valence-electron chi connectivity index (χ2n) is 7.98. The van der Waals surface area contributed by atoms with Crippen LogP contribution in [-0.2, 0) is 0 Å². The zero-order chi connectivity index (χ0) is 19.5. The molecule has 0 aromatic heterocycles. The minimum atomic E-state index is 0.0797. The first-order chi connectivity index (χ1) is 13.6. The third-order valence-electron chi connectivity index (χ3n) is 6.09. The fraction of sp³-hybridized carbons (Fsp3) is 0.391. The summed E-state index contributed by atoms with van der Waals surface area (Å²) in [5.74, 6) is 1.18. The topological polar surface area (TPSA) is 73.4 Å². The van der Waals surface area contributed by atoms with Gasteiger partial charge in [-0.2, -0.15) is 5.26 Å². The summed E-state index contributed by atoms with van der Waals surface area (Å²) in [6.07, 6.45) is 0.956. The lowest BCUT2D eigenvalue weighted by atomic mass is 10.0. The number of benzene rings is 2. The van der Waals surface area contributed by atoms with Crippen molar-refractivity contribution >= 4 is 5.91 Å². The predicted molar refractivity (Wildman–Crippen MR) is 108 cm³/mol. The van der Waals surface area contributed by atoms with Gasteiger partial charge in [0.25, 0.3) is 5.91 Å². The van der Waals surface area contributed by atoms with E-state index in [4.69, 9.17) is 11.0 Å². The lowest BCUT2D eigenvalue weighted by Crippen LogP contribution is -2.34. The highest BCUT2D eigenvalue weighted by Gasteiger charge is 2.41. The van der Waals surface area contributed by atoms with Crippen LogP contribution in [0.1, 0.15) is 33.9 Å². The molecule has 1 amide bonds. The van der Waals surface area contributed by atoms with Crippen LogP contribution in [0.15, 0.2) is 54.6 Å². The molecule has 3 atom stereocenters. The van der Waals surface area contributed by atoms with E-state index in [0.717, 1.165) is 39.1 Å². The number of nitriles is 1. The van der Waals surface area contributed by atoms with Crippen LogP contribution >= 0.6 is 0 Å². The third kappa shape index (κ3) is 3.94. The summed E-state index contributed by atoms with van der Waals surface area (Å²) in [4.78, 5) is 17.2. The molecule has 2 aromatic rings. The first kappa shape index (κ1) is 18.7. The maximum absolute atomic E-state index is 12.7. The number of carbonyl (C=O) groups excluding carboxylic acids is 1. The van der Waals surface area contributed by atoms with Crippen molar-refractivity contribution in [1.29, 1.82) is 5.26 Å². The van der Waals surface area contributed by atoms with E-state index >= 15 is 0 Å². The largest absolute Gasteiger partial charge is 0.338 e. The molecular weight excluding hydrogens is 348 g/mol. The van der Waals surface area contributed by atoms with Crippen LogP contribution in [0.2, 0.25) is 0 Å². The molecule has 2 saturated heterocycles. The summed E-state index contributed by atoms with van der Waals surface area (Å²) in [6.45, 7) is 4.74. The van der Waals surface area contributed by atoms with E-state index in [9.17, 15) is 4.79 Å². The number of hydrogen-bond donors (Lipinski definition) is 1. The van der Waals surface area contributed by atoms with Crippen LogP contribution in [0, 0.1) is 23.2 Å². The monoisotopic (exact) mass is 374 g/mol. The van der Waals surface area contributed by atoms with Crippen LogP contribution in [-0.4, -0.2) is 48.4 Å².